The van der Waals surface area contributed by atoms with Gasteiger partial charge >= 0.3 is 0 Å². The van der Waals surface area contributed by atoms with Gasteiger partial charge in [-0.3, -0.25) is 4.79 Å². The number of nitrogens with one attached hydrogen (secondary N) is 1. The Kier molecular flexibility index (Phi) is 6.24. The summed E-state index contributed by atoms with van der Waals surface area (Å²) in [6.45, 7) is 10.4. The van der Waals surface area contributed by atoms with E-state index in [1.54, 1.807) is 0 Å². The SMILES string of the molecule is Cc1ccc(N(C(=O)c2cccc(-c3cc(C)c(C)c(C)c3)c2)C2CCNCC2)cc1. The van der Waals surface area contributed by atoms with Crippen molar-refractivity contribution in [3.05, 3.63) is 88.5 Å². The van der Waals surface area contributed by atoms with Gasteiger partial charge in [-0.25, -0.2) is 0 Å². The predicted molar refractivity (Wildman–Crippen MR) is 130 cm³/mol. The van der Waals surface area contributed by atoms with Gasteiger partial charge in [0.05, 0.1) is 0 Å². The number of nitrogens with zero attached hydrogens (tertiary/aromatic N) is 1. The van der Waals surface area contributed by atoms with E-state index in [0.29, 0.717) is 0 Å². The van der Waals surface area contributed by atoms with Crippen LogP contribution < -0.4 is 10.2 Å². The summed E-state index contributed by atoms with van der Waals surface area (Å²) in [5, 5.41) is 3.42. The fourth-order valence-corrected chi connectivity index (χ4v) is 4.44. The van der Waals surface area contributed by atoms with Crippen LogP contribution in [0.15, 0.2) is 60.7 Å². The van der Waals surface area contributed by atoms with Gasteiger partial charge in [-0.1, -0.05) is 42.0 Å². The van der Waals surface area contributed by atoms with Gasteiger partial charge in [-0.05, 0) is 106 Å². The summed E-state index contributed by atoms with van der Waals surface area (Å²) in [5.74, 6) is 0.0816. The molecule has 0 radical (unpaired) electrons. The number of aryl methyl sites for hydroxylation is 3. The molecule has 1 saturated heterocycles. The average Bonchev–Trinajstić information content (AvgIpc) is 2.79. The summed E-state index contributed by atoms with van der Waals surface area (Å²) in [4.78, 5) is 15.8. The van der Waals surface area contributed by atoms with E-state index in [2.05, 4.69) is 75.5 Å². The quantitative estimate of drug-likeness (QED) is 0.571. The standard InChI is InChI=1S/C28H32N2O/c1-19-8-10-26(11-9-19)30(27-12-14-29-15-13-27)28(31)24-7-5-6-23(18-24)25-16-20(2)22(4)21(3)17-25/h5-11,16-18,27,29H,12-15H2,1-4H3. The third kappa shape index (κ3) is 4.57. The van der Waals surface area contributed by atoms with E-state index in [4.69, 9.17) is 0 Å². The maximum Gasteiger partial charge on any atom is 0.258 e. The first-order chi connectivity index (χ1) is 14.9. The van der Waals surface area contributed by atoms with Crippen molar-refractivity contribution >= 4 is 11.6 Å². The number of piperidine rings is 1. The van der Waals surface area contributed by atoms with Gasteiger partial charge in [0.2, 0.25) is 0 Å². The molecule has 3 aromatic rings. The lowest BCUT2D eigenvalue weighted by atomic mass is 9.95. The van der Waals surface area contributed by atoms with Crippen LogP contribution in [0.2, 0.25) is 0 Å². The molecule has 0 saturated carbocycles. The average molecular weight is 413 g/mol. The monoisotopic (exact) mass is 412 g/mol. The molecule has 3 nitrogen and oxygen atoms in total. The molecule has 3 aromatic carbocycles. The second-order valence-electron chi connectivity index (χ2n) is 8.81. The van der Waals surface area contributed by atoms with Crippen molar-refractivity contribution in [1.29, 1.82) is 0 Å². The van der Waals surface area contributed by atoms with Crippen molar-refractivity contribution in [1.82, 2.24) is 5.32 Å². The Hall–Kier alpha value is -2.91. The van der Waals surface area contributed by atoms with Gasteiger partial charge in [0.25, 0.3) is 5.91 Å². The van der Waals surface area contributed by atoms with Gasteiger partial charge in [-0.15, -0.1) is 0 Å². The molecule has 1 heterocycles. The number of anilines is 1. The summed E-state index contributed by atoms with van der Waals surface area (Å²) in [5.41, 5.74) is 9.07. The first-order valence-electron chi connectivity index (χ1n) is 11.2. The van der Waals surface area contributed by atoms with Gasteiger partial charge in [0.1, 0.15) is 0 Å². The van der Waals surface area contributed by atoms with Crippen LogP contribution in [0.25, 0.3) is 11.1 Å². The van der Waals surface area contributed by atoms with E-state index >= 15 is 0 Å². The Morgan fingerprint density at radius 2 is 1.48 bits per heavy atom. The second kappa shape index (κ2) is 9.07. The molecule has 0 atom stereocenters. The molecule has 4 rings (SSSR count). The zero-order valence-electron chi connectivity index (χ0n) is 19.0. The van der Waals surface area contributed by atoms with Gasteiger partial charge in [0, 0.05) is 17.3 Å². The number of carbonyl (C=O) groups excluding carboxylic acids is 1. The molecule has 1 fully saturated rings. The highest BCUT2D eigenvalue weighted by Crippen LogP contribution is 2.28. The molecule has 0 aliphatic carbocycles. The molecule has 1 aliphatic rings. The molecule has 1 aliphatic heterocycles. The summed E-state index contributed by atoms with van der Waals surface area (Å²) in [6, 6.07) is 21.1. The van der Waals surface area contributed by atoms with Crippen molar-refractivity contribution in [3.8, 4) is 11.1 Å². The van der Waals surface area contributed by atoms with Crippen LogP contribution in [-0.2, 0) is 0 Å². The smallest absolute Gasteiger partial charge is 0.258 e. The zero-order chi connectivity index (χ0) is 22.0. The van der Waals surface area contributed by atoms with E-state index in [0.717, 1.165) is 42.7 Å². The van der Waals surface area contributed by atoms with Gasteiger partial charge in [-0.2, -0.15) is 0 Å². The highest BCUT2D eigenvalue weighted by atomic mass is 16.2. The predicted octanol–water partition coefficient (Wildman–Crippen LogP) is 5.99. The Balaban J connectivity index is 1.72. The normalized spacial score (nSPS) is 14.5. The van der Waals surface area contributed by atoms with Crippen LogP contribution in [0.4, 0.5) is 5.69 Å². The number of amides is 1. The van der Waals surface area contributed by atoms with Crippen LogP contribution >= 0.6 is 0 Å². The highest BCUT2D eigenvalue weighted by Gasteiger charge is 2.28. The molecule has 1 N–H and O–H groups in total. The molecule has 160 valence electrons. The molecule has 31 heavy (non-hydrogen) atoms. The van der Waals surface area contributed by atoms with Gasteiger partial charge < -0.3 is 10.2 Å². The Morgan fingerprint density at radius 3 is 2.13 bits per heavy atom. The maximum atomic E-state index is 13.8. The van der Waals surface area contributed by atoms with Crippen LogP contribution in [-0.4, -0.2) is 25.0 Å². The Labute approximate surface area is 186 Å². The van der Waals surface area contributed by atoms with E-state index in [9.17, 15) is 4.79 Å². The maximum absolute atomic E-state index is 13.8. The molecular formula is C28H32N2O. The van der Waals surface area contributed by atoms with E-state index < -0.39 is 0 Å². The van der Waals surface area contributed by atoms with E-state index in [1.165, 1.54) is 27.8 Å². The van der Waals surface area contributed by atoms with Crippen molar-refractivity contribution in [2.24, 2.45) is 0 Å². The molecular weight excluding hydrogens is 380 g/mol. The molecule has 0 unspecified atom stereocenters. The fourth-order valence-electron chi connectivity index (χ4n) is 4.44. The third-order valence-electron chi connectivity index (χ3n) is 6.57. The largest absolute Gasteiger partial charge is 0.317 e. The van der Waals surface area contributed by atoms with Crippen molar-refractivity contribution < 1.29 is 4.79 Å². The van der Waals surface area contributed by atoms with E-state index in [1.807, 2.05) is 23.1 Å². The zero-order valence-corrected chi connectivity index (χ0v) is 19.0. The van der Waals surface area contributed by atoms with Crippen LogP contribution in [0, 0.1) is 27.7 Å². The summed E-state index contributed by atoms with van der Waals surface area (Å²) >= 11 is 0. The van der Waals surface area contributed by atoms with Crippen LogP contribution in [0.1, 0.15) is 45.5 Å². The van der Waals surface area contributed by atoms with Crippen molar-refractivity contribution in [3.63, 3.8) is 0 Å². The lowest BCUT2D eigenvalue weighted by Crippen LogP contribution is -2.46. The first kappa shape index (κ1) is 21.3. The van der Waals surface area contributed by atoms with Gasteiger partial charge in [0.15, 0.2) is 0 Å². The minimum absolute atomic E-state index is 0.0816. The Bertz CT molecular complexity index is 1060. The lowest BCUT2D eigenvalue weighted by Gasteiger charge is -2.35. The summed E-state index contributed by atoms with van der Waals surface area (Å²) < 4.78 is 0. The Morgan fingerprint density at radius 1 is 0.839 bits per heavy atom. The third-order valence-corrected chi connectivity index (χ3v) is 6.57. The molecule has 1 amide bonds. The minimum Gasteiger partial charge on any atom is -0.317 e. The van der Waals surface area contributed by atoms with Crippen LogP contribution in [0.3, 0.4) is 0 Å². The van der Waals surface area contributed by atoms with Crippen molar-refractivity contribution in [2.75, 3.05) is 18.0 Å². The van der Waals surface area contributed by atoms with E-state index in [-0.39, 0.29) is 11.9 Å². The number of carbonyl (C=O) groups is 1. The molecule has 3 heteroatoms. The topological polar surface area (TPSA) is 32.3 Å². The highest BCUT2D eigenvalue weighted by molar-refractivity contribution is 6.07. The number of benzene rings is 3. The van der Waals surface area contributed by atoms with Crippen molar-refractivity contribution in [2.45, 2.75) is 46.6 Å². The number of rotatable bonds is 4. The first-order valence-corrected chi connectivity index (χ1v) is 11.2. The fraction of sp³-hybridized carbons (Fsp3) is 0.321. The van der Waals surface area contributed by atoms with Crippen LogP contribution in [0.5, 0.6) is 0 Å². The summed E-state index contributed by atoms with van der Waals surface area (Å²) in [6.07, 6.45) is 1.94. The number of hydrogen-bond donors (Lipinski definition) is 1. The minimum atomic E-state index is 0.0816. The summed E-state index contributed by atoms with van der Waals surface area (Å²) in [7, 11) is 0. The lowest BCUT2D eigenvalue weighted by molar-refractivity contribution is 0.0972. The molecule has 0 bridgehead atoms. The molecule has 0 spiro atoms. The molecule has 0 aromatic heterocycles. The second-order valence-corrected chi connectivity index (χ2v) is 8.81. The number of hydrogen-bond acceptors (Lipinski definition) is 2.